The minimum atomic E-state index is 0.700. The first kappa shape index (κ1) is 19.7. The van der Waals surface area contributed by atoms with E-state index in [1.165, 1.54) is 50.1 Å². The third kappa shape index (κ3) is 3.65. The topological polar surface area (TPSA) is 23.8 Å². The predicted molar refractivity (Wildman–Crippen MR) is 126 cm³/mol. The van der Waals surface area contributed by atoms with Crippen molar-refractivity contribution in [2.24, 2.45) is 0 Å². The Morgan fingerprint density at radius 2 is 1.03 bits per heavy atom. The summed E-state index contributed by atoms with van der Waals surface area (Å²) >= 11 is 0. The van der Waals surface area contributed by atoms with E-state index in [4.69, 9.17) is 0 Å². The highest BCUT2D eigenvalue weighted by molar-refractivity contribution is 5.81. The van der Waals surface area contributed by atoms with Crippen LogP contribution >= 0.6 is 0 Å². The van der Waals surface area contributed by atoms with Gasteiger partial charge >= 0.3 is 0 Å². The van der Waals surface area contributed by atoms with Crippen molar-refractivity contribution in [2.45, 2.75) is 27.7 Å². The molecule has 0 aliphatic rings. The van der Waals surface area contributed by atoms with E-state index in [0.717, 1.165) is 5.56 Å². The van der Waals surface area contributed by atoms with Crippen LogP contribution < -0.4 is 0 Å². The lowest BCUT2D eigenvalue weighted by molar-refractivity contribution is 1.38. The van der Waals surface area contributed by atoms with Crippen LogP contribution in [0.4, 0.5) is 0 Å². The van der Waals surface area contributed by atoms with Gasteiger partial charge in [-0.15, -0.1) is 0 Å². The molecule has 146 valence electrons. The van der Waals surface area contributed by atoms with Crippen molar-refractivity contribution in [3.05, 3.63) is 107 Å². The minimum absolute atomic E-state index is 0.700. The second-order valence-corrected chi connectivity index (χ2v) is 8.02. The van der Waals surface area contributed by atoms with Crippen molar-refractivity contribution in [2.75, 3.05) is 0 Å². The van der Waals surface area contributed by atoms with Crippen LogP contribution in [0.15, 0.2) is 78.9 Å². The van der Waals surface area contributed by atoms with E-state index in [1.807, 2.05) is 12.1 Å². The van der Waals surface area contributed by atoms with Crippen molar-refractivity contribution in [1.82, 2.24) is 0 Å². The largest absolute Gasteiger partial charge is 0.192 e. The molecule has 30 heavy (non-hydrogen) atoms. The molecular formula is C29H25N. The Morgan fingerprint density at radius 3 is 1.57 bits per heavy atom. The molecule has 1 nitrogen and oxygen atoms in total. The van der Waals surface area contributed by atoms with Gasteiger partial charge in [-0.2, -0.15) is 5.26 Å². The van der Waals surface area contributed by atoms with Gasteiger partial charge in [0, 0.05) is 0 Å². The van der Waals surface area contributed by atoms with Gasteiger partial charge < -0.3 is 0 Å². The lowest BCUT2D eigenvalue weighted by Crippen LogP contribution is -1.91. The molecule has 1 heteroatoms. The van der Waals surface area contributed by atoms with E-state index in [0.29, 0.717) is 5.56 Å². The van der Waals surface area contributed by atoms with Crippen molar-refractivity contribution in [3.63, 3.8) is 0 Å². The van der Waals surface area contributed by atoms with Crippen LogP contribution in [0.1, 0.15) is 27.8 Å². The summed E-state index contributed by atoms with van der Waals surface area (Å²) in [5.41, 5.74) is 13.0. The van der Waals surface area contributed by atoms with E-state index < -0.39 is 0 Å². The Morgan fingerprint density at radius 1 is 0.500 bits per heavy atom. The van der Waals surface area contributed by atoms with Crippen molar-refractivity contribution in [1.29, 1.82) is 5.26 Å². The Labute approximate surface area is 179 Å². The van der Waals surface area contributed by atoms with Crippen LogP contribution in [0, 0.1) is 39.0 Å². The number of nitriles is 1. The molecule has 0 fully saturated rings. The summed E-state index contributed by atoms with van der Waals surface area (Å²) in [7, 11) is 0. The number of hydrogen-bond donors (Lipinski definition) is 0. The van der Waals surface area contributed by atoms with E-state index in [9.17, 15) is 5.26 Å². The number of benzene rings is 4. The lowest BCUT2D eigenvalue weighted by atomic mass is 9.90. The predicted octanol–water partition coefficient (Wildman–Crippen LogP) is 7.79. The SMILES string of the molecule is Cc1ccccc1-c1cc(-c2ccc(C)c(-c3ccc(C#N)cc3C)c2)ccc1C. The number of aryl methyl sites for hydroxylation is 4. The van der Waals surface area contributed by atoms with Crippen LogP contribution in [0.5, 0.6) is 0 Å². The highest BCUT2D eigenvalue weighted by atomic mass is 14.2. The van der Waals surface area contributed by atoms with Gasteiger partial charge in [-0.05, 0) is 108 Å². The van der Waals surface area contributed by atoms with Gasteiger partial charge in [-0.25, -0.2) is 0 Å². The molecular weight excluding hydrogens is 362 g/mol. The summed E-state index contributed by atoms with van der Waals surface area (Å²) < 4.78 is 0. The Kier molecular flexibility index (Phi) is 5.25. The molecule has 0 N–H and O–H groups in total. The Balaban J connectivity index is 1.83. The quantitative estimate of drug-likeness (QED) is 0.352. The Hall–Kier alpha value is -3.63. The zero-order valence-corrected chi connectivity index (χ0v) is 18.0. The molecule has 0 amide bonds. The van der Waals surface area contributed by atoms with E-state index >= 15 is 0 Å². The number of hydrogen-bond acceptors (Lipinski definition) is 1. The maximum atomic E-state index is 9.18. The molecule has 4 aromatic carbocycles. The first-order valence-corrected chi connectivity index (χ1v) is 10.3. The summed E-state index contributed by atoms with van der Waals surface area (Å²) in [6.07, 6.45) is 0. The van der Waals surface area contributed by atoms with Gasteiger partial charge in [0.2, 0.25) is 0 Å². The molecule has 0 radical (unpaired) electrons. The van der Waals surface area contributed by atoms with Crippen molar-refractivity contribution < 1.29 is 0 Å². The van der Waals surface area contributed by atoms with Gasteiger partial charge in [0.25, 0.3) is 0 Å². The normalized spacial score (nSPS) is 10.6. The molecule has 0 aliphatic heterocycles. The monoisotopic (exact) mass is 387 g/mol. The van der Waals surface area contributed by atoms with Crippen LogP contribution in [0.2, 0.25) is 0 Å². The summed E-state index contributed by atoms with van der Waals surface area (Å²) in [4.78, 5) is 0. The van der Waals surface area contributed by atoms with Crippen LogP contribution in [-0.2, 0) is 0 Å². The molecule has 4 rings (SSSR count). The van der Waals surface area contributed by atoms with Gasteiger partial charge in [-0.3, -0.25) is 0 Å². The molecule has 0 heterocycles. The molecule has 0 unspecified atom stereocenters. The second kappa shape index (κ2) is 8.01. The third-order valence-corrected chi connectivity index (χ3v) is 5.89. The van der Waals surface area contributed by atoms with Crippen LogP contribution in [0.3, 0.4) is 0 Å². The average Bonchev–Trinajstić information content (AvgIpc) is 2.75. The molecule has 0 saturated carbocycles. The highest BCUT2D eigenvalue weighted by Gasteiger charge is 2.11. The van der Waals surface area contributed by atoms with Gasteiger partial charge in [0.15, 0.2) is 0 Å². The minimum Gasteiger partial charge on any atom is -0.192 e. The summed E-state index contributed by atoms with van der Waals surface area (Å²) in [6, 6.07) is 30.1. The zero-order valence-electron chi connectivity index (χ0n) is 18.0. The lowest BCUT2D eigenvalue weighted by Gasteiger charge is -2.15. The highest BCUT2D eigenvalue weighted by Crippen LogP contribution is 2.35. The van der Waals surface area contributed by atoms with E-state index in [1.54, 1.807) is 0 Å². The Bertz CT molecular complexity index is 1290. The smallest absolute Gasteiger partial charge is 0.0991 e. The standard InChI is InChI=1S/C29H25N/c1-19-7-5-6-8-26(19)28-16-24(12-9-20(28)2)25-13-10-21(3)29(17-25)27-14-11-23(18-30)15-22(27)4/h5-17H,1-4H3. The van der Waals surface area contributed by atoms with Gasteiger partial charge in [0.1, 0.15) is 0 Å². The molecule has 0 atom stereocenters. The summed E-state index contributed by atoms with van der Waals surface area (Å²) in [5, 5.41) is 9.18. The fourth-order valence-corrected chi connectivity index (χ4v) is 4.09. The third-order valence-electron chi connectivity index (χ3n) is 5.89. The second-order valence-electron chi connectivity index (χ2n) is 8.02. The van der Waals surface area contributed by atoms with E-state index in [2.05, 4.69) is 100 Å². The fraction of sp³-hybridized carbons (Fsp3) is 0.138. The summed E-state index contributed by atoms with van der Waals surface area (Å²) in [6.45, 7) is 8.56. The van der Waals surface area contributed by atoms with Gasteiger partial charge in [-0.1, -0.05) is 54.6 Å². The van der Waals surface area contributed by atoms with Gasteiger partial charge in [0.05, 0.1) is 11.6 Å². The van der Waals surface area contributed by atoms with Crippen molar-refractivity contribution in [3.8, 4) is 39.4 Å². The molecule has 0 aliphatic carbocycles. The summed E-state index contributed by atoms with van der Waals surface area (Å²) in [5.74, 6) is 0. The fourth-order valence-electron chi connectivity index (χ4n) is 4.09. The first-order chi connectivity index (χ1) is 14.5. The first-order valence-electron chi connectivity index (χ1n) is 10.3. The molecule has 0 bridgehead atoms. The maximum Gasteiger partial charge on any atom is 0.0991 e. The van der Waals surface area contributed by atoms with Crippen LogP contribution in [-0.4, -0.2) is 0 Å². The molecule has 0 saturated heterocycles. The van der Waals surface area contributed by atoms with Crippen LogP contribution in [0.25, 0.3) is 33.4 Å². The maximum absolute atomic E-state index is 9.18. The molecule has 0 spiro atoms. The number of rotatable bonds is 3. The zero-order chi connectivity index (χ0) is 21.3. The average molecular weight is 388 g/mol. The van der Waals surface area contributed by atoms with E-state index in [-0.39, 0.29) is 0 Å². The molecule has 0 aromatic heterocycles. The van der Waals surface area contributed by atoms with Crippen molar-refractivity contribution >= 4 is 0 Å². The number of nitrogens with zero attached hydrogens (tertiary/aromatic N) is 1. The molecule has 4 aromatic rings.